The summed E-state index contributed by atoms with van der Waals surface area (Å²) in [5, 5.41) is 16.3. The lowest BCUT2D eigenvalue weighted by atomic mass is 10.2. The van der Waals surface area contributed by atoms with Crippen LogP contribution in [0.25, 0.3) is 0 Å². The number of carbonyl (C=O) groups is 2. The predicted molar refractivity (Wildman–Crippen MR) is 107 cm³/mol. The Hall–Kier alpha value is -3.66. The number of hydrogen-bond acceptors (Lipinski definition) is 6. The molecule has 2 amide bonds. The molecule has 0 bridgehead atoms. The van der Waals surface area contributed by atoms with E-state index >= 15 is 0 Å². The molecule has 1 atom stereocenters. The van der Waals surface area contributed by atoms with E-state index in [2.05, 4.69) is 10.6 Å². The largest absolute Gasteiger partial charge is 0.497 e. The molecule has 0 radical (unpaired) electrons. The zero-order valence-corrected chi connectivity index (χ0v) is 16.4. The second-order valence-corrected chi connectivity index (χ2v) is 6.28. The second kappa shape index (κ2) is 10.0. The van der Waals surface area contributed by atoms with E-state index in [4.69, 9.17) is 9.47 Å². The fraction of sp³-hybridized carbons (Fsp3) is 0.263. The molecule has 0 aromatic heterocycles. The van der Waals surface area contributed by atoms with E-state index in [1.165, 1.54) is 32.4 Å². The van der Waals surface area contributed by atoms with Crippen LogP contribution >= 0.6 is 0 Å². The minimum atomic E-state index is -0.560. The van der Waals surface area contributed by atoms with Crippen LogP contribution in [0.1, 0.15) is 0 Å². The minimum Gasteiger partial charge on any atom is -0.497 e. The van der Waals surface area contributed by atoms with Crippen LogP contribution in [0.4, 0.5) is 17.1 Å². The Kier molecular flexibility index (Phi) is 7.49. The summed E-state index contributed by atoms with van der Waals surface area (Å²) < 4.78 is 10.2. The highest BCUT2D eigenvalue weighted by Gasteiger charge is 2.18. The van der Waals surface area contributed by atoms with Crippen molar-refractivity contribution in [1.82, 2.24) is 0 Å². The number of ether oxygens (including phenoxy) is 2. The summed E-state index contributed by atoms with van der Waals surface area (Å²) in [6.07, 6.45) is 0. The molecule has 29 heavy (non-hydrogen) atoms. The number of rotatable bonds is 9. The maximum atomic E-state index is 12.3. The van der Waals surface area contributed by atoms with Gasteiger partial charge in [-0.3, -0.25) is 19.7 Å². The number of nitro groups is 1. The molecule has 0 aliphatic carbocycles. The molecule has 10 heteroatoms. The fourth-order valence-corrected chi connectivity index (χ4v) is 2.62. The van der Waals surface area contributed by atoms with Crippen LogP contribution in [0.5, 0.6) is 11.5 Å². The Morgan fingerprint density at radius 2 is 1.72 bits per heavy atom. The number of carbonyl (C=O) groups excluding carboxylic acids is 2. The van der Waals surface area contributed by atoms with E-state index in [1.54, 1.807) is 31.3 Å². The number of methoxy groups -OCH3 is 2. The van der Waals surface area contributed by atoms with Crippen molar-refractivity contribution in [2.75, 3.05) is 45.0 Å². The van der Waals surface area contributed by atoms with Gasteiger partial charge in [0, 0.05) is 23.9 Å². The van der Waals surface area contributed by atoms with Crippen molar-refractivity contribution in [2.24, 2.45) is 0 Å². The third-order valence-electron chi connectivity index (χ3n) is 3.95. The molecule has 154 valence electrons. The summed E-state index contributed by atoms with van der Waals surface area (Å²) in [5.74, 6) is 0.248. The minimum absolute atomic E-state index is 0.0165. The normalized spacial score (nSPS) is 11.3. The molecule has 2 aromatic rings. The summed E-state index contributed by atoms with van der Waals surface area (Å²) in [6, 6.07) is 10.9. The molecule has 0 fully saturated rings. The van der Waals surface area contributed by atoms with E-state index in [-0.39, 0.29) is 30.4 Å². The third kappa shape index (κ3) is 6.47. The summed E-state index contributed by atoms with van der Waals surface area (Å²) in [5.41, 5.74) is 0.618. The molecule has 0 saturated carbocycles. The van der Waals surface area contributed by atoms with Gasteiger partial charge in [0.2, 0.25) is 0 Å². The van der Waals surface area contributed by atoms with Gasteiger partial charge < -0.3 is 25.0 Å². The van der Waals surface area contributed by atoms with Gasteiger partial charge in [0.05, 0.1) is 31.9 Å². The number of hydrogen-bond donors (Lipinski definition) is 3. The van der Waals surface area contributed by atoms with Crippen molar-refractivity contribution in [3.05, 3.63) is 52.6 Å². The Labute approximate surface area is 167 Å². The lowest BCUT2D eigenvalue weighted by Crippen LogP contribution is -3.11. The SMILES string of the molecule is COc1cccc(NC(=O)C[NH+](C)CC(=O)Nc2cc([N+](=O)[O-])ccc2OC)c1. The Morgan fingerprint density at radius 3 is 2.34 bits per heavy atom. The number of nitro benzene ring substituents is 1. The van der Waals surface area contributed by atoms with E-state index < -0.39 is 10.8 Å². The number of non-ortho nitro benzene ring substituents is 1. The standard InChI is InChI=1S/C19H22N4O6/c1-22(11-18(24)20-13-5-4-6-15(9-13)28-2)12-19(25)21-16-10-14(23(26)27)7-8-17(16)29-3/h4-10H,11-12H2,1-3H3,(H,20,24)(H,21,25)/p+1. The first-order chi connectivity index (χ1) is 13.8. The van der Waals surface area contributed by atoms with Gasteiger partial charge in [-0.25, -0.2) is 0 Å². The summed E-state index contributed by atoms with van der Waals surface area (Å²) in [4.78, 5) is 35.5. The van der Waals surface area contributed by atoms with Crippen molar-refractivity contribution in [3.63, 3.8) is 0 Å². The average Bonchev–Trinajstić information content (AvgIpc) is 2.67. The van der Waals surface area contributed by atoms with E-state index in [9.17, 15) is 19.7 Å². The quantitative estimate of drug-likeness (QED) is 0.418. The molecule has 2 aromatic carbocycles. The van der Waals surface area contributed by atoms with Gasteiger partial charge in [-0.1, -0.05) is 6.07 Å². The molecule has 2 rings (SSSR count). The second-order valence-electron chi connectivity index (χ2n) is 6.28. The van der Waals surface area contributed by atoms with Crippen LogP contribution in [0, 0.1) is 10.1 Å². The summed E-state index contributed by atoms with van der Waals surface area (Å²) >= 11 is 0. The van der Waals surface area contributed by atoms with E-state index in [0.717, 1.165) is 0 Å². The molecule has 0 aliphatic rings. The summed E-state index contributed by atoms with van der Waals surface area (Å²) in [7, 11) is 4.63. The number of benzene rings is 2. The lowest BCUT2D eigenvalue weighted by Gasteiger charge is -2.15. The monoisotopic (exact) mass is 403 g/mol. The fourth-order valence-electron chi connectivity index (χ4n) is 2.62. The van der Waals surface area contributed by atoms with Gasteiger partial charge in [-0.05, 0) is 18.2 Å². The average molecular weight is 403 g/mol. The van der Waals surface area contributed by atoms with Crippen molar-refractivity contribution in [2.45, 2.75) is 0 Å². The lowest BCUT2D eigenvalue weighted by molar-refractivity contribution is -0.862. The Balaban J connectivity index is 1.92. The Morgan fingerprint density at radius 1 is 1.03 bits per heavy atom. The molecule has 10 nitrogen and oxygen atoms in total. The molecular formula is C19H23N4O6+. The molecule has 0 aliphatic heterocycles. The topological polar surface area (TPSA) is 124 Å². The van der Waals surface area contributed by atoms with Crippen LogP contribution in [0.2, 0.25) is 0 Å². The number of amides is 2. The maximum Gasteiger partial charge on any atom is 0.279 e. The van der Waals surface area contributed by atoms with Crippen LogP contribution in [-0.4, -0.2) is 51.1 Å². The molecule has 3 N–H and O–H groups in total. The Bertz CT molecular complexity index is 902. The van der Waals surface area contributed by atoms with Crippen LogP contribution in [-0.2, 0) is 9.59 Å². The van der Waals surface area contributed by atoms with Crippen molar-refractivity contribution < 1.29 is 28.9 Å². The number of nitrogens with one attached hydrogen (secondary N) is 3. The molecular weight excluding hydrogens is 380 g/mol. The zero-order valence-electron chi connectivity index (χ0n) is 16.4. The molecule has 0 heterocycles. The van der Waals surface area contributed by atoms with Crippen LogP contribution in [0.3, 0.4) is 0 Å². The van der Waals surface area contributed by atoms with E-state index in [1.807, 2.05) is 0 Å². The highest BCUT2D eigenvalue weighted by atomic mass is 16.6. The number of nitrogens with zero attached hydrogens (tertiary/aromatic N) is 1. The first kappa shape index (κ1) is 21.6. The van der Waals surface area contributed by atoms with Gasteiger partial charge in [0.25, 0.3) is 17.5 Å². The molecule has 1 unspecified atom stereocenters. The zero-order chi connectivity index (χ0) is 21.4. The van der Waals surface area contributed by atoms with Gasteiger partial charge >= 0.3 is 0 Å². The predicted octanol–water partition coefficient (Wildman–Crippen LogP) is 0.704. The van der Waals surface area contributed by atoms with Gasteiger partial charge in [-0.15, -0.1) is 0 Å². The molecule has 0 spiro atoms. The highest BCUT2D eigenvalue weighted by molar-refractivity contribution is 5.94. The van der Waals surface area contributed by atoms with Crippen molar-refractivity contribution in [3.8, 4) is 11.5 Å². The van der Waals surface area contributed by atoms with Gasteiger partial charge in [-0.2, -0.15) is 0 Å². The first-order valence-corrected chi connectivity index (χ1v) is 8.70. The number of quaternary nitrogens is 1. The van der Waals surface area contributed by atoms with Crippen molar-refractivity contribution >= 4 is 28.9 Å². The first-order valence-electron chi connectivity index (χ1n) is 8.70. The molecule has 0 saturated heterocycles. The maximum absolute atomic E-state index is 12.3. The van der Waals surface area contributed by atoms with Crippen LogP contribution in [0.15, 0.2) is 42.5 Å². The van der Waals surface area contributed by atoms with Gasteiger partial charge in [0.1, 0.15) is 11.5 Å². The highest BCUT2D eigenvalue weighted by Crippen LogP contribution is 2.28. The third-order valence-corrected chi connectivity index (χ3v) is 3.95. The number of likely N-dealkylation sites (N-methyl/N-ethyl adjacent to an activating group) is 1. The smallest absolute Gasteiger partial charge is 0.279 e. The summed E-state index contributed by atoms with van der Waals surface area (Å²) in [6.45, 7) is 0.0358. The van der Waals surface area contributed by atoms with E-state index in [0.29, 0.717) is 22.1 Å². The van der Waals surface area contributed by atoms with Gasteiger partial charge in [0.15, 0.2) is 13.1 Å². The van der Waals surface area contributed by atoms with Crippen molar-refractivity contribution in [1.29, 1.82) is 0 Å². The van der Waals surface area contributed by atoms with Crippen LogP contribution < -0.4 is 25.0 Å². The number of anilines is 2.